The molecule has 4 rings (SSSR count). The summed E-state index contributed by atoms with van der Waals surface area (Å²) in [7, 11) is 3.13. The maximum atomic E-state index is 12.5. The largest absolute Gasteiger partial charge is 0.494 e. The van der Waals surface area contributed by atoms with Crippen LogP contribution in [0, 0.1) is 0 Å². The number of hydrogen-bond acceptors (Lipinski definition) is 5. The van der Waals surface area contributed by atoms with Crippen LogP contribution in [0.4, 0.5) is 0 Å². The summed E-state index contributed by atoms with van der Waals surface area (Å²) in [5.41, 5.74) is 2.72. The molecule has 0 atom stereocenters. The van der Waals surface area contributed by atoms with Gasteiger partial charge in [-0.3, -0.25) is 4.79 Å². The van der Waals surface area contributed by atoms with Gasteiger partial charge in [0.15, 0.2) is 11.5 Å². The van der Waals surface area contributed by atoms with E-state index in [1.54, 1.807) is 32.4 Å². The molecule has 1 heterocycles. The maximum absolute atomic E-state index is 12.5. The summed E-state index contributed by atoms with van der Waals surface area (Å²) >= 11 is 5.95. The van der Waals surface area contributed by atoms with Gasteiger partial charge in [0.1, 0.15) is 11.6 Å². The van der Waals surface area contributed by atoms with Gasteiger partial charge < -0.3 is 24.1 Å². The van der Waals surface area contributed by atoms with Crippen LogP contribution in [0.25, 0.3) is 11.0 Å². The molecule has 200 valence electrons. The van der Waals surface area contributed by atoms with Gasteiger partial charge in [0.25, 0.3) is 5.91 Å². The Morgan fingerprint density at radius 1 is 0.921 bits per heavy atom. The topological polar surface area (TPSA) is 74.6 Å². The van der Waals surface area contributed by atoms with E-state index in [1.165, 1.54) is 0 Å². The van der Waals surface area contributed by atoms with Gasteiger partial charge in [-0.25, -0.2) is 4.98 Å². The molecule has 0 saturated heterocycles. The van der Waals surface area contributed by atoms with Gasteiger partial charge in [0, 0.05) is 30.1 Å². The highest BCUT2D eigenvalue weighted by atomic mass is 35.5. The molecule has 0 bridgehead atoms. The molecule has 0 saturated carbocycles. The minimum Gasteiger partial charge on any atom is -0.494 e. The molecular formula is C30H34ClN3O4. The molecule has 0 aliphatic heterocycles. The van der Waals surface area contributed by atoms with Crippen molar-refractivity contribution in [2.45, 2.75) is 38.6 Å². The van der Waals surface area contributed by atoms with Crippen LogP contribution in [0.15, 0.2) is 66.7 Å². The van der Waals surface area contributed by atoms with Crippen LogP contribution < -0.4 is 19.5 Å². The third-order valence-electron chi connectivity index (χ3n) is 6.35. The van der Waals surface area contributed by atoms with Crippen molar-refractivity contribution in [3.63, 3.8) is 0 Å². The lowest BCUT2D eigenvalue weighted by atomic mass is 10.1. The molecule has 0 spiro atoms. The average molecular weight is 536 g/mol. The molecule has 3 aromatic carbocycles. The zero-order valence-corrected chi connectivity index (χ0v) is 22.7. The number of rotatable bonds is 14. The van der Waals surface area contributed by atoms with Gasteiger partial charge in [-0.05, 0) is 73.9 Å². The van der Waals surface area contributed by atoms with Gasteiger partial charge in [-0.2, -0.15) is 0 Å². The summed E-state index contributed by atoms with van der Waals surface area (Å²) < 4.78 is 18.7. The standard InChI is InChI=1S/C30H34ClN3O4/c1-36-27-17-12-22(21-28(27)37-2)30(35)32-18-7-3-4-11-29-33-25-9-5-6-10-26(25)34(29)19-8-20-38-24-15-13-23(31)14-16-24/h5-6,9-10,12-17,21H,3-4,7-8,11,18-20H2,1-2H3,(H,32,35). The number of benzene rings is 3. The quantitative estimate of drug-likeness (QED) is 0.191. The fourth-order valence-corrected chi connectivity index (χ4v) is 4.50. The van der Waals surface area contributed by atoms with Crippen LogP contribution >= 0.6 is 11.6 Å². The monoisotopic (exact) mass is 535 g/mol. The maximum Gasteiger partial charge on any atom is 0.251 e. The second-order valence-electron chi connectivity index (χ2n) is 8.96. The molecule has 0 unspecified atom stereocenters. The lowest BCUT2D eigenvalue weighted by Crippen LogP contribution is -2.24. The minimum atomic E-state index is -0.117. The van der Waals surface area contributed by atoms with E-state index in [0.29, 0.717) is 35.2 Å². The van der Waals surface area contributed by atoms with E-state index in [0.717, 1.165) is 61.3 Å². The Bertz CT molecular complexity index is 1340. The van der Waals surface area contributed by atoms with E-state index in [-0.39, 0.29) is 5.91 Å². The van der Waals surface area contributed by atoms with Crippen molar-refractivity contribution >= 4 is 28.5 Å². The first-order chi connectivity index (χ1) is 18.6. The Hall–Kier alpha value is -3.71. The SMILES string of the molecule is COc1ccc(C(=O)NCCCCCc2nc3ccccc3n2CCCOc2ccc(Cl)cc2)cc1OC. The Morgan fingerprint density at radius 2 is 1.71 bits per heavy atom. The van der Waals surface area contributed by atoms with E-state index in [1.807, 2.05) is 30.3 Å². The molecule has 8 heteroatoms. The second-order valence-corrected chi connectivity index (χ2v) is 9.40. The highest BCUT2D eigenvalue weighted by Crippen LogP contribution is 2.27. The Kier molecular flexibility index (Phi) is 9.87. The fraction of sp³-hybridized carbons (Fsp3) is 0.333. The smallest absolute Gasteiger partial charge is 0.251 e. The molecule has 1 amide bonds. The second kappa shape index (κ2) is 13.7. The number of aryl methyl sites for hydroxylation is 2. The predicted octanol–water partition coefficient (Wildman–Crippen LogP) is 6.32. The third-order valence-corrected chi connectivity index (χ3v) is 6.60. The lowest BCUT2D eigenvalue weighted by molar-refractivity contribution is 0.0952. The van der Waals surface area contributed by atoms with Gasteiger partial charge in [-0.15, -0.1) is 0 Å². The molecular weight excluding hydrogens is 502 g/mol. The molecule has 0 fully saturated rings. The van der Waals surface area contributed by atoms with Crippen molar-refractivity contribution in [2.24, 2.45) is 0 Å². The van der Waals surface area contributed by atoms with E-state index >= 15 is 0 Å². The number of nitrogens with zero attached hydrogens (tertiary/aromatic N) is 2. The number of para-hydroxylation sites is 2. The molecule has 0 aliphatic carbocycles. The van der Waals surface area contributed by atoms with Crippen molar-refractivity contribution in [3.8, 4) is 17.2 Å². The van der Waals surface area contributed by atoms with Crippen LogP contribution in [0.3, 0.4) is 0 Å². The van der Waals surface area contributed by atoms with E-state index in [4.69, 9.17) is 30.8 Å². The first-order valence-electron chi connectivity index (χ1n) is 12.9. The lowest BCUT2D eigenvalue weighted by Gasteiger charge is -2.11. The summed E-state index contributed by atoms with van der Waals surface area (Å²) in [6.45, 7) is 2.07. The van der Waals surface area contributed by atoms with Gasteiger partial charge in [-0.1, -0.05) is 30.2 Å². The zero-order valence-electron chi connectivity index (χ0n) is 21.9. The number of ether oxygens (including phenoxy) is 3. The molecule has 0 aliphatic rings. The molecule has 4 aromatic rings. The number of hydrogen-bond donors (Lipinski definition) is 1. The third kappa shape index (κ3) is 7.19. The van der Waals surface area contributed by atoms with Crippen LogP contribution in [0.1, 0.15) is 41.9 Å². The van der Waals surface area contributed by atoms with Crippen LogP contribution in [0.2, 0.25) is 5.02 Å². The summed E-state index contributed by atoms with van der Waals surface area (Å²) in [5, 5.41) is 3.69. The van der Waals surface area contributed by atoms with Gasteiger partial charge in [0.05, 0.1) is 31.9 Å². The molecule has 38 heavy (non-hydrogen) atoms. The predicted molar refractivity (Wildman–Crippen MR) is 151 cm³/mol. The van der Waals surface area contributed by atoms with Crippen LogP contribution in [0.5, 0.6) is 17.2 Å². The number of fused-ring (bicyclic) bond motifs is 1. The van der Waals surface area contributed by atoms with Gasteiger partial charge in [0.2, 0.25) is 0 Å². The molecule has 1 aromatic heterocycles. The fourth-order valence-electron chi connectivity index (χ4n) is 4.38. The first kappa shape index (κ1) is 27.3. The number of methoxy groups -OCH3 is 2. The van der Waals surface area contributed by atoms with E-state index < -0.39 is 0 Å². The van der Waals surface area contributed by atoms with Crippen molar-refractivity contribution in [2.75, 3.05) is 27.4 Å². The highest BCUT2D eigenvalue weighted by molar-refractivity contribution is 6.30. The number of imidazole rings is 1. The van der Waals surface area contributed by atoms with E-state index in [2.05, 4.69) is 28.1 Å². The van der Waals surface area contributed by atoms with Crippen LogP contribution in [-0.4, -0.2) is 42.8 Å². The average Bonchev–Trinajstić information content (AvgIpc) is 3.30. The summed E-state index contributed by atoms with van der Waals surface area (Å²) in [6.07, 6.45) is 4.65. The summed E-state index contributed by atoms with van der Waals surface area (Å²) in [4.78, 5) is 17.4. The minimum absolute atomic E-state index is 0.117. The first-order valence-corrected chi connectivity index (χ1v) is 13.3. The van der Waals surface area contributed by atoms with Crippen molar-refractivity contribution in [1.29, 1.82) is 0 Å². The Labute approximate surface area is 228 Å². The summed E-state index contributed by atoms with van der Waals surface area (Å²) in [6, 6.07) is 20.9. The van der Waals surface area contributed by atoms with Gasteiger partial charge >= 0.3 is 0 Å². The number of halogens is 1. The molecule has 7 nitrogen and oxygen atoms in total. The van der Waals surface area contributed by atoms with Crippen LogP contribution in [-0.2, 0) is 13.0 Å². The number of carbonyl (C=O) groups excluding carboxylic acids is 1. The summed E-state index contributed by atoms with van der Waals surface area (Å²) in [5.74, 6) is 2.94. The molecule has 1 N–H and O–H groups in total. The Balaban J connectivity index is 1.23. The van der Waals surface area contributed by atoms with Crippen molar-refractivity contribution < 1.29 is 19.0 Å². The van der Waals surface area contributed by atoms with Crippen molar-refractivity contribution in [3.05, 3.63) is 83.1 Å². The number of carbonyl (C=O) groups is 1. The number of amides is 1. The number of unbranched alkanes of at least 4 members (excludes halogenated alkanes) is 2. The highest BCUT2D eigenvalue weighted by Gasteiger charge is 2.12. The Morgan fingerprint density at radius 3 is 2.50 bits per heavy atom. The molecule has 0 radical (unpaired) electrons. The number of nitrogens with one attached hydrogen (secondary N) is 1. The zero-order chi connectivity index (χ0) is 26.7. The van der Waals surface area contributed by atoms with Crippen molar-refractivity contribution in [1.82, 2.24) is 14.9 Å². The van der Waals surface area contributed by atoms with E-state index in [9.17, 15) is 4.79 Å². The number of aromatic nitrogens is 2. The normalized spacial score (nSPS) is 10.9.